The molecule has 0 atom stereocenters. The fraction of sp³-hybridized carbons (Fsp3) is 0.192. The molecule has 192 valence electrons. The monoisotopic (exact) mass is 514 g/mol. The van der Waals surface area contributed by atoms with Gasteiger partial charge in [0.1, 0.15) is 12.1 Å². The third-order valence-corrected chi connectivity index (χ3v) is 6.08. The Morgan fingerprint density at radius 3 is 2.63 bits per heavy atom. The topological polar surface area (TPSA) is 152 Å². The summed E-state index contributed by atoms with van der Waals surface area (Å²) in [5, 5.41) is 24.0. The van der Waals surface area contributed by atoms with Gasteiger partial charge in [0.05, 0.1) is 41.3 Å². The minimum atomic E-state index is -0.743. The Labute approximate surface area is 215 Å². The molecule has 0 fully saturated rings. The molecule has 38 heavy (non-hydrogen) atoms. The van der Waals surface area contributed by atoms with Crippen molar-refractivity contribution >= 4 is 22.4 Å². The number of carbonyl (C=O) groups excluding carboxylic acids is 1. The molecule has 0 saturated carbocycles. The number of rotatable bonds is 5. The van der Waals surface area contributed by atoms with Gasteiger partial charge in [0, 0.05) is 35.1 Å². The zero-order valence-electron chi connectivity index (χ0n) is 20.7. The van der Waals surface area contributed by atoms with Crippen molar-refractivity contribution in [3.05, 3.63) is 88.4 Å². The average Bonchev–Trinajstić information content (AvgIpc) is 3.39. The van der Waals surface area contributed by atoms with Gasteiger partial charge >= 0.3 is 0 Å². The van der Waals surface area contributed by atoms with Crippen molar-refractivity contribution in [2.45, 2.75) is 32.8 Å². The summed E-state index contributed by atoms with van der Waals surface area (Å²) in [5.41, 5.74) is 1.13. The van der Waals surface area contributed by atoms with Crippen LogP contribution in [0.4, 0.5) is 10.1 Å². The molecule has 0 radical (unpaired) electrons. The number of amides is 1. The molecule has 5 aromatic rings. The maximum Gasteiger partial charge on any atom is 0.283 e. The second kappa shape index (κ2) is 9.56. The number of hydrogen-bond donors (Lipinski definition) is 3. The Bertz CT molecular complexity index is 1720. The number of aromatic nitrogens is 7. The molecule has 12 heteroatoms. The van der Waals surface area contributed by atoms with Crippen molar-refractivity contribution in [2.24, 2.45) is 0 Å². The third-order valence-electron chi connectivity index (χ3n) is 6.08. The van der Waals surface area contributed by atoms with E-state index in [4.69, 9.17) is 0 Å². The van der Waals surface area contributed by atoms with Crippen LogP contribution in [0.15, 0.2) is 60.3 Å². The van der Waals surface area contributed by atoms with Crippen LogP contribution in [0.1, 0.15) is 42.3 Å². The Balaban J connectivity index is 1.55. The van der Waals surface area contributed by atoms with E-state index in [1.165, 1.54) is 49.4 Å². The van der Waals surface area contributed by atoms with E-state index in [0.29, 0.717) is 16.6 Å². The summed E-state index contributed by atoms with van der Waals surface area (Å²) >= 11 is 0. The highest BCUT2D eigenvalue weighted by atomic mass is 19.1. The van der Waals surface area contributed by atoms with Gasteiger partial charge in [0.2, 0.25) is 0 Å². The van der Waals surface area contributed by atoms with Gasteiger partial charge in [-0.15, -0.1) is 0 Å². The number of pyridine rings is 1. The molecule has 0 spiro atoms. The first-order valence-electron chi connectivity index (χ1n) is 11.6. The number of hydrogen-bond acceptors (Lipinski definition) is 8. The van der Waals surface area contributed by atoms with Crippen LogP contribution in [-0.4, -0.2) is 45.9 Å². The van der Waals surface area contributed by atoms with Crippen molar-refractivity contribution in [3.8, 4) is 17.1 Å². The normalized spacial score (nSPS) is 11.6. The van der Waals surface area contributed by atoms with Gasteiger partial charge in [-0.25, -0.2) is 19.3 Å². The van der Waals surface area contributed by atoms with E-state index < -0.39 is 23.9 Å². The predicted molar refractivity (Wildman–Crippen MR) is 137 cm³/mol. The average molecular weight is 515 g/mol. The smallest absolute Gasteiger partial charge is 0.283 e. The molecule has 0 aliphatic heterocycles. The number of H-pyrrole nitrogens is 1. The third kappa shape index (κ3) is 4.41. The Kier molecular flexibility index (Phi) is 6.25. The summed E-state index contributed by atoms with van der Waals surface area (Å²) < 4.78 is 16.0. The van der Waals surface area contributed by atoms with Crippen molar-refractivity contribution < 1.29 is 14.3 Å². The zero-order chi connectivity index (χ0) is 27.0. The van der Waals surface area contributed by atoms with E-state index in [1.54, 1.807) is 6.07 Å². The van der Waals surface area contributed by atoms with Gasteiger partial charge in [0.15, 0.2) is 5.82 Å². The molecule has 3 N–H and O–H groups in total. The minimum Gasteiger partial charge on any atom is -0.391 e. The van der Waals surface area contributed by atoms with Gasteiger partial charge in [-0.1, -0.05) is 20.8 Å². The van der Waals surface area contributed by atoms with Crippen LogP contribution in [-0.2, 0) is 12.0 Å². The molecule has 0 aliphatic rings. The number of benzene rings is 1. The Hall–Kier alpha value is -4.84. The number of aliphatic hydroxyl groups is 1. The molecule has 1 amide bonds. The fourth-order valence-corrected chi connectivity index (χ4v) is 4.05. The largest absolute Gasteiger partial charge is 0.391 e. The first kappa shape index (κ1) is 24.8. The number of carbonyl (C=O) groups is 1. The van der Waals surface area contributed by atoms with Crippen molar-refractivity contribution in [1.82, 2.24) is 34.9 Å². The standard InChI is InChI=1S/C26H23FN8O3/c1-26(2,3)16-6-14-10-32-35(25(38)21(14)19(27)7-16)23-18(12-36)20(4-5-30-23)33-24(37)17-11-31-34-22(17)15-8-28-13-29-9-15/h4-11,13,36H,12H2,1-3H3,(H,31,34)(H,30,33,37). The van der Waals surface area contributed by atoms with E-state index in [9.17, 15) is 14.7 Å². The van der Waals surface area contributed by atoms with Crippen molar-refractivity contribution in [1.29, 1.82) is 0 Å². The number of nitrogens with zero attached hydrogens (tertiary/aromatic N) is 6. The highest BCUT2D eigenvalue weighted by Crippen LogP contribution is 2.28. The van der Waals surface area contributed by atoms with Crippen molar-refractivity contribution in [3.63, 3.8) is 0 Å². The summed E-state index contributed by atoms with van der Waals surface area (Å²) in [6.45, 7) is 5.25. The summed E-state index contributed by atoms with van der Waals surface area (Å²) in [5.74, 6) is -1.26. The van der Waals surface area contributed by atoms with Crippen LogP contribution < -0.4 is 10.9 Å². The molecule has 11 nitrogen and oxygen atoms in total. The van der Waals surface area contributed by atoms with Gasteiger partial charge in [-0.3, -0.25) is 14.7 Å². The number of nitrogens with one attached hydrogen (secondary N) is 2. The number of anilines is 1. The second-order valence-electron chi connectivity index (χ2n) is 9.59. The number of aliphatic hydroxyl groups excluding tert-OH is 1. The van der Waals surface area contributed by atoms with Gasteiger partial charge in [-0.05, 0) is 29.2 Å². The van der Waals surface area contributed by atoms with E-state index in [1.807, 2.05) is 20.8 Å². The predicted octanol–water partition coefficient (Wildman–Crippen LogP) is 3.14. The quantitative estimate of drug-likeness (QED) is 0.324. The van der Waals surface area contributed by atoms with Crippen LogP contribution in [0.5, 0.6) is 0 Å². The highest BCUT2D eigenvalue weighted by molar-refractivity contribution is 6.08. The lowest BCUT2D eigenvalue weighted by atomic mass is 9.86. The SMILES string of the molecule is CC(C)(C)c1cc(F)c2c(=O)n(-c3nccc(NC(=O)c4cn[nH]c4-c4cncnc4)c3CO)ncc2c1. The van der Waals surface area contributed by atoms with E-state index in [0.717, 1.165) is 10.2 Å². The number of halogens is 1. The molecular formula is C26H23FN8O3. The lowest BCUT2D eigenvalue weighted by molar-refractivity contribution is 0.102. The summed E-state index contributed by atoms with van der Waals surface area (Å²) in [6, 6.07) is 4.54. The first-order valence-corrected chi connectivity index (χ1v) is 11.6. The number of aromatic amines is 1. The minimum absolute atomic E-state index is 0.0413. The number of fused-ring (bicyclic) bond motifs is 1. The van der Waals surface area contributed by atoms with E-state index in [2.05, 4.69) is 35.6 Å². The fourth-order valence-electron chi connectivity index (χ4n) is 4.05. The summed E-state index contributed by atoms with van der Waals surface area (Å²) in [6.07, 6.45) is 8.50. The van der Waals surface area contributed by atoms with E-state index in [-0.39, 0.29) is 33.4 Å². The molecular weight excluding hydrogens is 491 g/mol. The van der Waals surface area contributed by atoms with E-state index >= 15 is 4.39 Å². The molecule has 0 aliphatic carbocycles. The van der Waals surface area contributed by atoms with Crippen LogP contribution in [0, 0.1) is 5.82 Å². The summed E-state index contributed by atoms with van der Waals surface area (Å²) in [7, 11) is 0. The van der Waals surface area contributed by atoms with Crippen LogP contribution in [0.25, 0.3) is 27.8 Å². The molecule has 0 unspecified atom stereocenters. The maximum atomic E-state index is 15.1. The van der Waals surface area contributed by atoms with Gasteiger partial charge < -0.3 is 10.4 Å². The second-order valence-corrected chi connectivity index (χ2v) is 9.59. The first-order chi connectivity index (χ1) is 18.2. The van der Waals surface area contributed by atoms with Crippen LogP contribution >= 0.6 is 0 Å². The molecule has 5 rings (SSSR count). The Morgan fingerprint density at radius 1 is 1.16 bits per heavy atom. The van der Waals surface area contributed by atoms with Crippen LogP contribution in [0.3, 0.4) is 0 Å². The molecule has 0 saturated heterocycles. The molecule has 4 heterocycles. The van der Waals surface area contributed by atoms with Crippen molar-refractivity contribution in [2.75, 3.05) is 5.32 Å². The van der Waals surface area contributed by atoms with Gasteiger partial charge in [0.25, 0.3) is 11.5 Å². The lowest BCUT2D eigenvalue weighted by Gasteiger charge is -2.20. The highest BCUT2D eigenvalue weighted by Gasteiger charge is 2.22. The van der Waals surface area contributed by atoms with Crippen LogP contribution in [0.2, 0.25) is 0 Å². The molecule has 4 aromatic heterocycles. The molecule has 1 aromatic carbocycles. The Morgan fingerprint density at radius 2 is 1.92 bits per heavy atom. The maximum absolute atomic E-state index is 15.1. The lowest BCUT2D eigenvalue weighted by Crippen LogP contribution is -2.25. The summed E-state index contributed by atoms with van der Waals surface area (Å²) in [4.78, 5) is 38.6. The molecule has 0 bridgehead atoms. The zero-order valence-corrected chi connectivity index (χ0v) is 20.7. The van der Waals surface area contributed by atoms with Gasteiger partial charge in [-0.2, -0.15) is 14.9 Å².